The number of ether oxygens (including phenoxy) is 2. The van der Waals surface area contributed by atoms with Crippen molar-refractivity contribution in [3.05, 3.63) is 0 Å². The van der Waals surface area contributed by atoms with Crippen LogP contribution in [0.1, 0.15) is 51.9 Å². The topological polar surface area (TPSA) is 40.0 Å². The maximum atomic E-state index is 11.8. The Morgan fingerprint density at radius 2 is 2.09 bits per heavy atom. The summed E-state index contributed by atoms with van der Waals surface area (Å²) in [6.07, 6.45) is 7.54. The van der Waals surface area contributed by atoms with Crippen LogP contribution in [-0.2, 0) is 14.3 Å². The monoisotopic (exact) mass is 308 g/mol. The number of cyclic esters (lactones) is 1. The first kappa shape index (κ1) is 17.3. The molecular formula is C18H30NO3+. The van der Waals surface area contributed by atoms with E-state index in [4.69, 9.17) is 9.47 Å². The molecule has 0 amide bonds. The van der Waals surface area contributed by atoms with Crippen LogP contribution in [0, 0.1) is 17.8 Å². The molecule has 0 aromatic rings. The number of rotatable bonds is 7. The van der Waals surface area contributed by atoms with Gasteiger partial charge in [0.15, 0.2) is 0 Å². The predicted octanol–water partition coefficient (Wildman–Crippen LogP) is 1.20. The van der Waals surface area contributed by atoms with E-state index in [0.29, 0.717) is 13.0 Å². The fourth-order valence-electron chi connectivity index (χ4n) is 3.06. The third kappa shape index (κ3) is 5.98. The summed E-state index contributed by atoms with van der Waals surface area (Å²) >= 11 is 0. The molecule has 124 valence electrons. The molecule has 22 heavy (non-hydrogen) atoms. The summed E-state index contributed by atoms with van der Waals surface area (Å²) < 4.78 is 10.9. The average molecular weight is 308 g/mol. The molecule has 2 heterocycles. The van der Waals surface area contributed by atoms with Crippen LogP contribution in [0.15, 0.2) is 0 Å². The molecule has 0 radical (unpaired) electrons. The third-order valence-corrected chi connectivity index (χ3v) is 4.48. The van der Waals surface area contributed by atoms with Crippen LogP contribution in [-0.4, -0.2) is 44.9 Å². The summed E-state index contributed by atoms with van der Waals surface area (Å²) in [6, 6.07) is 0. The minimum absolute atomic E-state index is 0.0522. The summed E-state index contributed by atoms with van der Waals surface area (Å²) in [7, 11) is 0. The number of unbranched alkanes of at least 4 members (excludes halogenated alkanes) is 1. The highest BCUT2D eigenvalue weighted by molar-refractivity contribution is 5.75. The highest BCUT2D eigenvalue weighted by Crippen LogP contribution is 2.23. The van der Waals surface area contributed by atoms with Crippen LogP contribution >= 0.6 is 0 Å². The number of esters is 1. The second-order valence-corrected chi connectivity index (χ2v) is 6.47. The molecule has 0 bridgehead atoms. The largest absolute Gasteiger partial charge is 0.460 e. The first-order valence-electron chi connectivity index (χ1n) is 8.87. The molecule has 2 saturated heterocycles. The van der Waals surface area contributed by atoms with Crippen molar-refractivity contribution in [3.63, 3.8) is 0 Å². The highest BCUT2D eigenvalue weighted by Gasteiger charge is 2.33. The quantitative estimate of drug-likeness (QED) is 0.436. The molecule has 2 atom stereocenters. The summed E-state index contributed by atoms with van der Waals surface area (Å²) in [4.78, 5) is 13.4. The maximum Gasteiger partial charge on any atom is 0.310 e. The van der Waals surface area contributed by atoms with Crippen LogP contribution in [0.5, 0.6) is 0 Å². The second-order valence-electron chi connectivity index (χ2n) is 6.47. The molecule has 2 aliphatic heterocycles. The summed E-state index contributed by atoms with van der Waals surface area (Å²) in [5, 5.41) is 0. The van der Waals surface area contributed by atoms with Gasteiger partial charge in [-0.1, -0.05) is 19.3 Å². The SMILES string of the molecule is CCCCOC[C@H]1C[C@H](CC#CC[NH+]2CCCCC2)C(=O)O1. The van der Waals surface area contributed by atoms with Gasteiger partial charge in [-0.15, -0.1) is 0 Å². The first-order valence-corrected chi connectivity index (χ1v) is 8.87. The summed E-state index contributed by atoms with van der Waals surface area (Å²) in [6.45, 7) is 6.85. The molecule has 0 aliphatic carbocycles. The van der Waals surface area contributed by atoms with Crippen LogP contribution < -0.4 is 4.90 Å². The molecule has 4 heteroatoms. The average Bonchev–Trinajstić information content (AvgIpc) is 2.89. The maximum absolute atomic E-state index is 11.8. The van der Waals surface area contributed by atoms with Crippen LogP contribution in [0.3, 0.4) is 0 Å². The van der Waals surface area contributed by atoms with Gasteiger partial charge < -0.3 is 14.4 Å². The van der Waals surface area contributed by atoms with Gasteiger partial charge in [0.05, 0.1) is 25.6 Å². The minimum atomic E-state index is -0.0938. The van der Waals surface area contributed by atoms with Gasteiger partial charge in [-0.05, 0) is 31.6 Å². The predicted molar refractivity (Wildman–Crippen MR) is 85.5 cm³/mol. The molecule has 1 N–H and O–H groups in total. The highest BCUT2D eigenvalue weighted by atomic mass is 16.6. The third-order valence-electron chi connectivity index (χ3n) is 4.48. The van der Waals surface area contributed by atoms with E-state index in [0.717, 1.165) is 32.4 Å². The van der Waals surface area contributed by atoms with Gasteiger partial charge in [0, 0.05) is 19.4 Å². The van der Waals surface area contributed by atoms with Crippen molar-refractivity contribution in [1.29, 1.82) is 0 Å². The van der Waals surface area contributed by atoms with Crippen molar-refractivity contribution in [2.24, 2.45) is 5.92 Å². The van der Waals surface area contributed by atoms with Crippen molar-refractivity contribution < 1.29 is 19.2 Å². The van der Waals surface area contributed by atoms with Crippen molar-refractivity contribution >= 4 is 5.97 Å². The van der Waals surface area contributed by atoms with Crippen molar-refractivity contribution in [1.82, 2.24) is 0 Å². The van der Waals surface area contributed by atoms with E-state index in [-0.39, 0.29) is 18.0 Å². The number of piperidine rings is 1. The number of quaternary nitrogens is 1. The van der Waals surface area contributed by atoms with Gasteiger partial charge in [0.25, 0.3) is 0 Å². The van der Waals surface area contributed by atoms with Crippen LogP contribution in [0.2, 0.25) is 0 Å². The Kier molecular flexibility index (Phi) is 7.76. The molecule has 0 unspecified atom stereocenters. The first-order chi connectivity index (χ1) is 10.8. The molecule has 2 fully saturated rings. The summed E-state index contributed by atoms with van der Waals surface area (Å²) in [5.41, 5.74) is 0. The lowest BCUT2D eigenvalue weighted by Crippen LogP contribution is -3.12. The van der Waals surface area contributed by atoms with Gasteiger partial charge in [0.2, 0.25) is 0 Å². The zero-order valence-electron chi connectivity index (χ0n) is 13.9. The van der Waals surface area contributed by atoms with E-state index in [1.807, 2.05) is 0 Å². The fraction of sp³-hybridized carbons (Fsp3) is 0.833. The molecule has 2 aliphatic rings. The standard InChI is InChI=1S/C18H29NO3/c1-2-3-13-21-15-17-14-16(18(20)22-17)9-5-8-12-19-10-6-4-7-11-19/h16-17H,2-4,6-7,9-15H2,1H3/p+1/t16-,17+/m0/s1. The Hall–Kier alpha value is -1.05. The van der Waals surface area contributed by atoms with Gasteiger partial charge in [-0.25, -0.2) is 0 Å². The van der Waals surface area contributed by atoms with Gasteiger partial charge in [0.1, 0.15) is 12.6 Å². The molecule has 0 aromatic carbocycles. The lowest BCUT2D eigenvalue weighted by atomic mass is 10.0. The van der Waals surface area contributed by atoms with E-state index in [9.17, 15) is 4.79 Å². The lowest BCUT2D eigenvalue weighted by molar-refractivity contribution is -0.897. The zero-order valence-corrected chi connectivity index (χ0v) is 13.9. The smallest absolute Gasteiger partial charge is 0.310 e. The Labute approximate surface area is 134 Å². The number of nitrogens with one attached hydrogen (secondary N) is 1. The van der Waals surface area contributed by atoms with E-state index >= 15 is 0 Å². The fourth-order valence-corrected chi connectivity index (χ4v) is 3.06. The normalized spacial score (nSPS) is 25.6. The molecule has 2 rings (SSSR count). The number of hydrogen-bond donors (Lipinski definition) is 1. The lowest BCUT2D eigenvalue weighted by Gasteiger charge is -2.20. The second kappa shape index (κ2) is 9.86. The Bertz CT molecular complexity index is 393. The number of likely N-dealkylation sites (tertiary alicyclic amines) is 1. The van der Waals surface area contributed by atoms with E-state index in [1.165, 1.54) is 32.4 Å². The Morgan fingerprint density at radius 1 is 1.27 bits per heavy atom. The van der Waals surface area contributed by atoms with Gasteiger partial charge in [-0.3, -0.25) is 4.79 Å². The molecular weight excluding hydrogens is 278 g/mol. The van der Waals surface area contributed by atoms with Crippen LogP contribution in [0.4, 0.5) is 0 Å². The molecule has 0 spiro atoms. The van der Waals surface area contributed by atoms with Crippen molar-refractivity contribution in [2.75, 3.05) is 32.8 Å². The number of carbonyl (C=O) groups excluding carboxylic acids is 1. The molecule has 0 aromatic heterocycles. The Morgan fingerprint density at radius 3 is 2.86 bits per heavy atom. The van der Waals surface area contributed by atoms with Gasteiger partial charge in [-0.2, -0.15) is 0 Å². The number of hydrogen-bond acceptors (Lipinski definition) is 3. The van der Waals surface area contributed by atoms with Crippen molar-refractivity contribution in [2.45, 2.75) is 58.0 Å². The zero-order chi connectivity index (χ0) is 15.6. The van der Waals surface area contributed by atoms with Crippen molar-refractivity contribution in [3.8, 4) is 11.8 Å². The molecule has 4 nitrogen and oxygen atoms in total. The van der Waals surface area contributed by atoms with Gasteiger partial charge >= 0.3 is 5.97 Å². The number of carbonyl (C=O) groups is 1. The Balaban J connectivity index is 1.62. The van der Waals surface area contributed by atoms with Crippen LogP contribution in [0.25, 0.3) is 0 Å². The van der Waals surface area contributed by atoms with E-state index < -0.39 is 0 Å². The molecule has 0 saturated carbocycles. The van der Waals surface area contributed by atoms with E-state index in [2.05, 4.69) is 18.8 Å². The minimum Gasteiger partial charge on any atom is -0.460 e. The summed E-state index contributed by atoms with van der Waals surface area (Å²) in [5.74, 6) is 6.29. The van der Waals surface area contributed by atoms with E-state index in [1.54, 1.807) is 4.90 Å².